The Labute approximate surface area is 144 Å². The number of aromatic nitrogens is 2. The van der Waals surface area contributed by atoms with Crippen molar-refractivity contribution in [3.8, 4) is 5.88 Å². The maximum atomic E-state index is 9.44. The van der Waals surface area contributed by atoms with Gasteiger partial charge in [0.25, 0.3) is 0 Å². The first-order chi connectivity index (χ1) is 10.6. The van der Waals surface area contributed by atoms with Gasteiger partial charge in [0, 0.05) is 29.5 Å². The molecule has 0 spiro atoms. The Bertz CT molecular complexity index is 538. The average molecular weight is 362 g/mol. The van der Waals surface area contributed by atoms with Crippen molar-refractivity contribution in [2.75, 3.05) is 13.2 Å². The molecule has 0 saturated heterocycles. The molecule has 0 saturated carbocycles. The van der Waals surface area contributed by atoms with E-state index in [1.807, 2.05) is 34.6 Å². The molecule has 0 aliphatic rings. The monoisotopic (exact) mass is 362 g/mol. The molecule has 0 aliphatic heterocycles. The molecule has 0 unspecified atom stereocenters. The molecule has 23 heavy (non-hydrogen) atoms. The zero-order valence-corrected chi connectivity index (χ0v) is 16.7. The van der Waals surface area contributed by atoms with Gasteiger partial charge in [0.1, 0.15) is 11.6 Å². The van der Waals surface area contributed by atoms with E-state index in [1.54, 1.807) is 6.07 Å². The van der Waals surface area contributed by atoms with Gasteiger partial charge in [-0.05, 0) is 34.6 Å². The number of hydrogen-bond acceptors (Lipinski definition) is 7. The van der Waals surface area contributed by atoms with Gasteiger partial charge < -0.3 is 9.32 Å². The third-order valence-electron chi connectivity index (χ3n) is 2.14. The summed E-state index contributed by atoms with van der Waals surface area (Å²) in [5, 5.41) is 0. The molecule has 0 aromatic carbocycles. The molecule has 0 atom stereocenters. The van der Waals surface area contributed by atoms with Crippen molar-refractivity contribution in [3.05, 3.63) is 17.6 Å². The van der Waals surface area contributed by atoms with Crippen LogP contribution in [0.2, 0.25) is 0 Å². The zero-order chi connectivity index (χ0) is 18.0. The standard InChI is InChI=1S/C12H21N2O3PS.C3H6O/c1-6-15-18(19,16-7-2)17-11-8-10(5)13-12(14-11)9(3)4;1-3(2)4/h8-9H,6-7H2,1-5H3;1-2H3. The summed E-state index contributed by atoms with van der Waals surface area (Å²) in [6.45, 7) is 10.8. The molecule has 0 radical (unpaired) electrons. The highest BCUT2D eigenvalue weighted by Gasteiger charge is 2.22. The lowest BCUT2D eigenvalue weighted by molar-refractivity contribution is -0.114. The van der Waals surface area contributed by atoms with E-state index in [1.165, 1.54) is 13.8 Å². The molecule has 8 heteroatoms. The second-order valence-electron chi connectivity index (χ2n) is 5.14. The van der Waals surface area contributed by atoms with E-state index in [4.69, 9.17) is 25.4 Å². The van der Waals surface area contributed by atoms with E-state index in [2.05, 4.69) is 9.97 Å². The predicted octanol–water partition coefficient (Wildman–Crippen LogP) is 4.18. The van der Waals surface area contributed by atoms with E-state index < -0.39 is 6.72 Å². The Morgan fingerprint density at radius 3 is 2.09 bits per heavy atom. The minimum absolute atomic E-state index is 0.167. The van der Waals surface area contributed by atoms with Crippen LogP contribution in [0.25, 0.3) is 0 Å². The summed E-state index contributed by atoms with van der Waals surface area (Å²) in [7, 11) is 0. The number of nitrogens with zero attached hydrogens (tertiary/aromatic N) is 2. The van der Waals surface area contributed by atoms with Gasteiger partial charge >= 0.3 is 6.72 Å². The molecular formula is C15H27N2O4PS. The second-order valence-corrected chi connectivity index (χ2v) is 8.08. The Morgan fingerprint density at radius 1 is 1.22 bits per heavy atom. The summed E-state index contributed by atoms with van der Waals surface area (Å²) in [4.78, 5) is 18.2. The largest absolute Gasteiger partial charge is 0.406 e. The normalized spacial score (nSPS) is 11.0. The van der Waals surface area contributed by atoms with Crippen LogP contribution in [-0.4, -0.2) is 29.0 Å². The first kappa shape index (κ1) is 22.1. The van der Waals surface area contributed by atoms with Crippen LogP contribution in [0.15, 0.2) is 6.07 Å². The molecule has 1 aromatic rings. The second kappa shape index (κ2) is 10.8. The van der Waals surface area contributed by atoms with Crippen LogP contribution in [0, 0.1) is 6.92 Å². The number of carbonyl (C=O) groups excluding carboxylic acids is 1. The third-order valence-corrected chi connectivity index (χ3v) is 4.56. The quantitative estimate of drug-likeness (QED) is 0.674. The molecule has 0 aliphatic carbocycles. The summed E-state index contributed by atoms with van der Waals surface area (Å²) < 4.78 is 16.6. The number of carbonyl (C=O) groups is 1. The summed E-state index contributed by atoms with van der Waals surface area (Å²) in [5.41, 5.74) is 0.836. The molecule has 1 aromatic heterocycles. The molecule has 6 nitrogen and oxygen atoms in total. The van der Waals surface area contributed by atoms with Gasteiger partial charge in [0.05, 0.1) is 13.2 Å². The molecule has 0 amide bonds. The zero-order valence-electron chi connectivity index (χ0n) is 15.0. The van der Waals surface area contributed by atoms with Crippen molar-refractivity contribution < 1.29 is 18.4 Å². The van der Waals surface area contributed by atoms with Crippen molar-refractivity contribution in [3.63, 3.8) is 0 Å². The Kier molecular flexibility index (Phi) is 10.4. The lowest BCUT2D eigenvalue weighted by Crippen LogP contribution is -2.06. The Balaban J connectivity index is 0.00000108. The van der Waals surface area contributed by atoms with Crippen molar-refractivity contribution >= 4 is 24.3 Å². The van der Waals surface area contributed by atoms with Crippen LogP contribution in [0.1, 0.15) is 59.0 Å². The van der Waals surface area contributed by atoms with Gasteiger partial charge in [-0.2, -0.15) is 4.98 Å². The topological polar surface area (TPSA) is 70.5 Å². The molecule has 0 bridgehead atoms. The van der Waals surface area contributed by atoms with Gasteiger partial charge in [-0.1, -0.05) is 13.8 Å². The van der Waals surface area contributed by atoms with Crippen LogP contribution in [0.3, 0.4) is 0 Å². The number of ketones is 1. The predicted molar refractivity (Wildman–Crippen MR) is 95.4 cm³/mol. The lowest BCUT2D eigenvalue weighted by Gasteiger charge is -2.20. The smallest absolute Gasteiger partial charge is 0.381 e. The minimum Gasteiger partial charge on any atom is -0.406 e. The van der Waals surface area contributed by atoms with Crippen LogP contribution in [0.4, 0.5) is 0 Å². The summed E-state index contributed by atoms with van der Waals surface area (Å²) in [6.07, 6.45) is 0. The fraction of sp³-hybridized carbons (Fsp3) is 0.667. The minimum atomic E-state index is -2.77. The summed E-state index contributed by atoms with van der Waals surface area (Å²) >= 11 is 5.32. The lowest BCUT2D eigenvalue weighted by atomic mass is 10.2. The molecule has 0 N–H and O–H groups in total. The number of aryl methyl sites for hydroxylation is 1. The van der Waals surface area contributed by atoms with Gasteiger partial charge in [0.15, 0.2) is 0 Å². The van der Waals surface area contributed by atoms with Crippen molar-refractivity contribution in [1.29, 1.82) is 0 Å². The van der Waals surface area contributed by atoms with Gasteiger partial charge in [0.2, 0.25) is 5.88 Å². The third kappa shape index (κ3) is 9.76. The molecular weight excluding hydrogens is 335 g/mol. The molecule has 1 heterocycles. The molecule has 132 valence electrons. The van der Waals surface area contributed by atoms with E-state index in [0.717, 1.165) is 11.5 Å². The maximum absolute atomic E-state index is 9.44. The van der Waals surface area contributed by atoms with Crippen molar-refractivity contribution in [2.24, 2.45) is 0 Å². The maximum Gasteiger partial charge on any atom is 0.381 e. The van der Waals surface area contributed by atoms with E-state index in [9.17, 15) is 4.79 Å². The molecule has 1 rings (SSSR count). The SMILES string of the molecule is CC(C)=O.CCOP(=S)(OCC)Oc1cc(C)nc(C(C)C)n1. The fourth-order valence-corrected chi connectivity index (χ4v) is 3.38. The number of hydrogen-bond donors (Lipinski definition) is 0. The van der Waals surface area contributed by atoms with Gasteiger partial charge in [-0.15, -0.1) is 0 Å². The van der Waals surface area contributed by atoms with E-state index in [0.29, 0.717) is 19.1 Å². The highest BCUT2D eigenvalue weighted by atomic mass is 32.5. The van der Waals surface area contributed by atoms with Crippen molar-refractivity contribution in [1.82, 2.24) is 9.97 Å². The van der Waals surface area contributed by atoms with Crippen LogP contribution in [-0.2, 0) is 25.6 Å². The summed E-state index contributed by atoms with van der Waals surface area (Å²) in [6, 6.07) is 1.74. The fourth-order valence-electron chi connectivity index (χ4n) is 1.39. The average Bonchev–Trinajstić information content (AvgIpc) is 2.37. The first-order valence-electron chi connectivity index (χ1n) is 7.55. The van der Waals surface area contributed by atoms with E-state index in [-0.39, 0.29) is 11.7 Å². The van der Waals surface area contributed by atoms with Crippen LogP contribution < -0.4 is 4.52 Å². The van der Waals surface area contributed by atoms with Crippen molar-refractivity contribution in [2.45, 2.75) is 54.4 Å². The highest BCUT2D eigenvalue weighted by Crippen LogP contribution is 2.49. The van der Waals surface area contributed by atoms with Gasteiger partial charge in [-0.25, -0.2) is 4.98 Å². The van der Waals surface area contributed by atoms with Crippen LogP contribution in [0.5, 0.6) is 5.88 Å². The van der Waals surface area contributed by atoms with Crippen LogP contribution >= 0.6 is 6.72 Å². The van der Waals surface area contributed by atoms with Gasteiger partial charge in [-0.3, -0.25) is 9.05 Å². The first-order valence-corrected chi connectivity index (χ1v) is 10.1. The molecule has 0 fully saturated rings. The Morgan fingerprint density at radius 2 is 1.70 bits per heavy atom. The summed E-state index contributed by atoms with van der Waals surface area (Å²) in [5.74, 6) is 1.53. The van der Waals surface area contributed by atoms with E-state index >= 15 is 0 Å². The highest BCUT2D eigenvalue weighted by molar-refractivity contribution is 8.07. The number of rotatable bonds is 7. The Hall–Kier alpha value is -0.880. The number of Topliss-reactive ketones (excluding diaryl/α,β-unsaturated/α-hetero) is 1.